The van der Waals surface area contributed by atoms with Crippen LogP contribution in [0, 0.1) is 12.8 Å². The number of hydrogen-bond donors (Lipinski definition) is 9. The number of ether oxygens (including phenoxy) is 1. The SMILES string of the molecule is Cc1occc1CCN=C(N)NC(N)=NCc1cc(CCN=C(N)NC(N)=NC2OC=C(CCN=C(N)N=C(N)N)C2C)co1. The summed E-state index contributed by atoms with van der Waals surface area (Å²) in [6.07, 6.45) is 6.26. The zero-order valence-electron chi connectivity index (χ0n) is 25.4. The lowest BCUT2D eigenvalue weighted by Gasteiger charge is -2.14. The van der Waals surface area contributed by atoms with Gasteiger partial charge >= 0.3 is 0 Å². The minimum Gasteiger partial charge on any atom is -0.476 e. The Hall–Kier alpha value is -5.68. The van der Waals surface area contributed by atoms with Crippen molar-refractivity contribution in [2.75, 3.05) is 19.6 Å². The van der Waals surface area contributed by atoms with Crippen molar-refractivity contribution < 1.29 is 13.6 Å². The highest BCUT2D eigenvalue weighted by Crippen LogP contribution is 2.28. The first-order chi connectivity index (χ1) is 21.5. The van der Waals surface area contributed by atoms with E-state index >= 15 is 0 Å². The molecule has 244 valence electrons. The summed E-state index contributed by atoms with van der Waals surface area (Å²) in [4.78, 5) is 24.9. The Bertz CT molecular complexity index is 1480. The van der Waals surface area contributed by atoms with Crippen LogP contribution in [0.1, 0.15) is 36.0 Å². The molecule has 2 aromatic rings. The van der Waals surface area contributed by atoms with Crippen molar-refractivity contribution in [1.82, 2.24) is 10.6 Å². The van der Waals surface area contributed by atoms with Gasteiger partial charge in [0.1, 0.15) is 18.1 Å². The van der Waals surface area contributed by atoms with Crippen LogP contribution in [0.25, 0.3) is 0 Å². The summed E-state index contributed by atoms with van der Waals surface area (Å²) in [6.45, 7) is 5.34. The molecule has 3 heterocycles. The first-order valence-corrected chi connectivity index (χ1v) is 14.1. The van der Waals surface area contributed by atoms with Crippen LogP contribution >= 0.6 is 0 Å². The van der Waals surface area contributed by atoms with E-state index in [0.29, 0.717) is 44.7 Å². The van der Waals surface area contributed by atoms with E-state index in [9.17, 15) is 0 Å². The molecule has 0 aromatic carbocycles. The van der Waals surface area contributed by atoms with Crippen molar-refractivity contribution in [3.8, 4) is 0 Å². The van der Waals surface area contributed by atoms with Crippen LogP contribution in [0.4, 0.5) is 0 Å². The number of rotatable bonds is 12. The number of aliphatic imine (C=N–C) groups is 6. The van der Waals surface area contributed by atoms with Gasteiger partial charge in [-0.15, -0.1) is 0 Å². The van der Waals surface area contributed by atoms with Gasteiger partial charge in [-0.1, -0.05) is 6.92 Å². The molecule has 2 aromatic heterocycles. The summed E-state index contributed by atoms with van der Waals surface area (Å²) >= 11 is 0. The van der Waals surface area contributed by atoms with Gasteiger partial charge in [-0.05, 0) is 55.0 Å². The molecule has 16 N–H and O–H groups in total. The fourth-order valence-electron chi connectivity index (χ4n) is 4.09. The molecule has 1 aliphatic heterocycles. The lowest BCUT2D eigenvalue weighted by Crippen LogP contribution is -2.42. The third-order valence-electron chi connectivity index (χ3n) is 6.49. The molecule has 0 aliphatic carbocycles. The standard InChI is InChI=1S/C27H43N15O3/c1-15-19(5-9-36-23(30)40-22(28)29)14-45-21(15)39-27(34)42-25(32)35-7-3-17-11-20(44-13-17)12-38-26(33)41-24(31)37-8-4-18-6-10-43-16(18)2/h6,10-11,13-15,21H,3-5,7-9,12H2,1-2H3,(H6,28,29,30,36,40)(H5,31,33,37,38,41)(H5,32,34,35,39,42). The Balaban J connectivity index is 1.37. The lowest BCUT2D eigenvalue weighted by atomic mass is 10.00. The normalized spacial score (nSPS) is 18.0. The number of furan rings is 2. The maximum Gasteiger partial charge on any atom is 0.218 e. The van der Waals surface area contributed by atoms with Crippen molar-refractivity contribution in [1.29, 1.82) is 0 Å². The molecule has 2 atom stereocenters. The molecule has 0 saturated carbocycles. The zero-order valence-corrected chi connectivity index (χ0v) is 25.4. The Morgan fingerprint density at radius 1 is 0.822 bits per heavy atom. The number of nitrogens with one attached hydrogen (secondary N) is 2. The average molecular weight is 626 g/mol. The molecule has 0 saturated heterocycles. The number of aryl methyl sites for hydroxylation is 1. The number of guanidine groups is 6. The summed E-state index contributed by atoms with van der Waals surface area (Å²) in [7, 11) is 0. The molecule has 0 radical (unpaired) electrons. The fraction of sp³-hybridized carbons (Fsp3) is 0.407. The van der Waals surface area contributed by atoms with E-state index in [-0.39, 0.29) is 48.2 Å². The van der Waals surface area contributed by atoms with E-state index in [4.69, 9.17) is 53.7 Å². The van der Waals surface area contributed by atoms with Crippen molar-refractivity contribution >= 4 is 35.8 Å². The molecular weight excluding hydrogens is 582 g/mol. The predicted octanol–water partition coefficient (Wildman–Crippen LogP) is -1.24. The van der Waals surface area contributed by atoms with E-state index in [1.807, 2.05) is 26.0 Å². The Morgan fingerprint density at radius 2 is 1.49 bits per heavy atom. The Labute approximate surface area is 260 Å². The van der Waals surface area contributed by atoms with E-state index in [2.05, 4.69) is 40.6 Å². The molecule has 45 heavy (non-hydrogen) atoms. The molecule has 18 heteroatoms. The maximum atomic E-state index is 6.01. The molecule has 0 fully saturated rings. The second-order valence-electron chi connectivity index (χ2n) is 9.96. The second-order valence-corrected chi connectivity index (χ2v) is 9.96. The van der Waals surface area contributed by atoms with Gasteiger partial charge in [0.05, 0.1) is 18.8 Å². The van der Waals surface area contributed by atoms with Gasteiger partial charge in [0.25, 0.3) is 0 Å². The van der Waals surface area contributed by atoms with Crippen molar-refractivity contribution in [2.45, 2.75) is 45.9 Å². The molecule has 2 unspecified atom stereocenters. The van der Waals surface area contributed by atoms with Crippen LogP contribution in [0.5, 0.6) is 0 Å². The first kappa shape index (κ1) is 33.8. The number of hydrogen-bond acceptors (Lipinski definition) is 8. The summed E-state index contributed by atoms with van der Waals surface area (Å²) in [5.74, 6) is 1.79. The van der Waals surface area contributed by atoms with Gasteiger partial charge in [0.2, 0.25) is 5.96 Å². The van der Waals surface area contributed by atoms with E-state index < -0.39 is 6.23 Å². The summed E-state index contributed by atoms with van der Waals surface area (Å²) in [6, 6.07) is 3.77. The molecule has 18 nitrogen and oxygen atoms in total. The quantitative estimate of drug-likeness (QED) is 0.0987. The smallest absolute Gasteiger partial charge is 0.218 e. The van der Waals surface area contributed by atoms with Crippen molar-refractivity contribution in [2.24, 2.45) is 76.0 Å². The van der Waals surface area contributed by atoms with Gasteiger partial charge in [0.15, 0.2) is 36.0 Å². The van der Waals surface area contributed by atoms with Gasteiger partial charge < -0.3 is 53.7 Å². The van der Waals surface area contributed by atoms with Crippen molar-refractivity contribution in [3.63, 3.8) is 0 Å². The average Bonchev–Trinajstić information content (AvgIpc) is 3.68. The van der Waals surface area contributed by atoms with E-state index in [1.54, 1.807) is 18.8 Å². The van der Waals surface area contributed by atoms with Crippen LogP contribution in [-0.4, -0.2) is 61.6 Å². The highest BCUT2D eigenvalue weighted by atomic mass is 16.5. The van der Waals surface area contributed by atoms with Crippen LogP contribution in [0.2, 0.25) is 0 Å². The summed E-state index contributed by atoms with van der Waals surface area (Å²) < 4.78 is 16.5. The molecule has 1 aliphatic rings. The minimum absolute atomic E-state index is 0.0111. The van der Waals surface area contributed by atoms with E-state index in [0.717, 1.165) is 22.5 Å². The molecule has 0 spiro atoms. The van der Waals surface area contributed by atoms with Gasteiger partial charge in [-0.3, -0.25) is 25.6 Å². The highest BCUT2D eigenvalue weighted by Gasteiger charge is 2.27. The Morgan fingerprint density at radius 3 is 2.18 bits per heavy atom. The minimum atomic E-state index is -0.517. The third-order valence-corrected chi connectivity index (χ3v) is 6.49. The number of nitrogens with two attached hydrogens (primary N) is 7. The van der Waals surface area contributed by atoms with Gasteiger partial charge in [-0.2, -0.15) is 4.99 Å². The number of nitrogens with zero attached hydrogens (tertiary/aromatic N) is 6. The zero-order chi connectivity index (χ0) is 32.8. The summed E-state index contributed by atoms with van der Waals surface area (Å²) in [5.41, 5.74) is 42.9. The van der Waals surface area contributed by atoms with Crippen LogP contribution in [0.3, 0.4) is 0 Å². The molecular formula is C27H43N15O3. The van der Waals surface area contributed by atoms with Crippen LogP contribution < -0.4 is 50.8 Å². The lowest BCUT2D eigenvalue weighted by molar-refractivity contribution is 0.148. The highest BCUT2D eigenvalue weighted by molar-refractivity contribution is 5.97. The first-order valence-electron chi connectivity index (χ1n) is 14.1. The van der Waals surface area contributed by atoms with E-state index in [1.165, 1.54) is 0 Å². The van der Waals surface area contributed by atoms with Crippen LogP contribution in [-0.2, 0) is 24.1 Å². The maximum absolute atomic E-state index is 6.01. The fourth-order valence-corrected chi connectivity index (χ4v) is 4.09. The Kier molecular flexibility index (Phi) is 12.6. The van der Waals surface area contributed by atoms with Crippen LogP contribution in [0.15, 0.2) is 75.3 Å². The molecule has 0 bridgehead atoms. The van der Waals surface area contributed by atoms with Gasteiger partial charge in [-0.25, -0.2) is 9.98 Å². The third kappa shape index (κ3) is 11.8. The molecule has 0 amide bonds. The van der Waals surface area contributed by atoms with Gasteiger partial charge in [0, 0.05) is 25.6 Å². The predicted molar refractivity (Wildman–Crippen MR) is 175 cm³/mol. The topological polar surface area (TPSA) is 316 Å². The largest absolute Gasteiger partial charge is 0.476 e. The summed E-state index contributed by atoms with van der Waals surface area (Å²) in [5, 5.41) is 5.53. The molecule has 3 rings (SSSR count). The monoisotopic (exact) mass is 625 g/mol. The second kappa shape index (κ2) is 16.8. The van der Waals surface area contributed by atoms with Crippen molar-refractivity contribution in [3.05, 3.63) is 59.1 Å².